The lowest BCUT2D eigenvalue weighted by atomic mass is 10.0. The van der Waals surface area contributed by atoms with Crippen LogP contribution in [0.5, 0.6) is 5.75 Å². The fourth-order valence-corrected chi connectivity index (χ4v) is 2.07. The first kappa shape index (κ1) is 20.2. The molecule has 1 aromatic carbocycles. The molecule has 2 N–H and O–H groups in total. The van der Waals surface area contributed by atoms with Gasteiger partial charge in [0.15, 0.2) is 5.75 Å². The van der Waals surface area contributed by atoms with Gasteiger partial charge >= 0.3 is 5.97 Å². The highest BCUT2D eigenvalue weighted by Gasteiger charge is 2.02. The molecule has 0 aromatic heterocycles. The summed E-state index contributed by atoms with van der Waals surface area (Å²) in [6.45, 7) is 5.20. The number of benzene rings is 1. The van der Waals surface area contributed by atoms with Crippen LogP contribution in [0.1, 0.15) is 57.4 Å². The lowest BCUT2D eigenvalue weighted by molar-refractivity contribution is -0.138. The molecule has 124 valence electrons. The number of aryl methyl sites for hydroxylation is 1. The molecule has 4 nitrogen and oxygen atoms in total. The molecule has 0 unspecified atom stereocenters. The maximum absolute atomic E-state index is 9.25. The van der Waals surface area contributed by atoms with Gasteiger partial charge in [-0.3, -0.25) is 0 Å². The topological polar surface area (TPSA) is 66.8 Å². The number of carboxylic acid groups (broad SMARTS) is 1. The van der Waals surface area contributed by atoms with E-state index in [0.29, 0.717) is 5.75 Å². The Morgan fingerprint density at radius 3 is 2.23 bits per heavy atom. The van der Waals surface area contributed by atoms with Crippen molar-refractivity contribution in [2.24, 2.45) is 0 Å². The Hall–Kier alpha value is -1.81. The van der Waals surface area contributed by atoms with Gasteiger partial charge < -0.3 is 9.99 Å². The van der Waals surface area contributed by atoms with E-state index < -0.39 is 5.97 Å². The summed E-state index contributed by atoms with van der Waals surface area (Å²) < 4.78 is 0. The van der Waals surface area contributed by atoms with Crippen molar-refractivity contribution in [3.8, 4) is 5.75 Å². The second-order valence-corrected chi connectivity index (χ2v) is 5.11. The van der Waals surface area contributed by atoms with Crippen LogP contribution in [0.15, 0.2) is 36.9 Å². The van der Waals surface area contributed by atoms with Crippen LogP contribution in [-0.2, 0) is 11.2 Å². The second kappa shape index (κ2) is 14.1. The molecule has 1 rings (SSSR count). The SMILES string of the molecule is C=CC(=O)O.CCCCCCCCCc1ccccc1OO. The maximum Gasteiger partial charge on any atom is 0.327 e. The van der Waals surface area contributed by atoms with Crippen molar-refractivity contribution >= 4 is 5.97 Å². The number of carboxylic acids is 1. The molecule has 0 saturated carbocycles. The highest BCUT2D eigenvalue weighted by molar-refractivity contribution is 5.78. The molecule has 4 heteroatoms. The zero-order valence-electron chi connectivity index (χ0n) is 13.5. The van der Waals surface area contributed by atoms with E-state index in [1.165, 1.54) is 44.9 Å². The average Bonchev–Trinajstić information content (AvgIpc) is 2.55. The van der Waals surface area contributed by atoms with Gasteiger partial charge in [0.1, 0.15) is 0 Å². The minimum absolute atomic E-state index is 0.596. The van der Waals surface area contributed by atoms with Crippen molar-refractivity contribution in [2.75, 3.05) is 0 Å². The number of para-hydroxylation sites is 1. The summed E-state index contributed by atoms with van der Waals surface area (Å²) >= 11 is 0. The van der Waals surface area contributed by atoms with Crippen molar-refractivity contribution < 1.29 is 20.0 Å². The van der Waals surface area contributed by atoms with E-state index in [2.05, 4.69) is 18.4 Å². The Labute approximate surface area is 133 Å². The van der Waals surface area contributed by atoms with Crippen molar-refractivity contribution in [1.29, 1.82) is 0 Å². The van der Waals surface area contributed by atoms with Crippen LogP contribution in [0.25, 0.3) is 0 Å². The van der Waals surface area contributed by atoms with Gasteiger partial charge in [-0.15, -0.1) is 0 Å². The molecule has 0 fully saturated rings. The molecule has 0 heterocycles. The van der Waals surface area contributed by atoms with Crippen LogP contribution >= 0.6 is 0 Å². The summed E-state index contributed by atoms with van der Waals surface area (Å²) in [5, 5.41) is 16.3. The van der Waals surface area contributed by atoms with Crippen molar-refractivity contribution in [3.05, 3.63) is 42.5 Å². The first-order valence-corrected chi connectivity index (χ1v) is 7.90. The Morgan fingerprint density at radius 1 is 1.14 bits per heavy atom. The molecule has 0 aliphatic heterocycles. The van der Waals surface area contributed by atoms with Crippen LogP contribution < -0.4 is 4.89 Å². The summed E-state index contributed by atoms with van der Waals surface area (Å²) in [5.74, 6) is -0.386. The highest BCUT2D eigenvalue weighted by Crippen LogP contribution is 2.20. The van der Waals surface area contributed by atoms with Gasteiger partial charge in [0, 0.05) is 6.08 Å². The summed E-state index contributed by atoms with van der Waals surface area (Å²) in [7, 11) is 0. The Morgan fingerprint density at radius 2 is 1.68 bits per heavy atom. The summed E-state index contributed by atoms with van der Waals surface area (Å²) in [6.07, 6.45) is 11.0. The van der Waals surface area contributed by atoms with E-state index in [1.54, 1.807) is 6.07 Å². The monoisotopic (exact) mass is 308 g/mol. The van der Waals surface area contributed by atoms with Gasteiger partial charge in [-0.1, -0.05) is 70.2 Å². The molecule has 0 atom stereocenters. The van der Waals surface area contributed by atoms with E-state index in [4.69, 9.17) is 10.4 Å². The number of hydrogen-bond donors (Lipinski definition) is 2. The van der Waals surface area contributed by atoms with Crippen LogP contribution in [0.3, 0.4) is 0 Å². The van der Waals surface area contributed by atoms with Crippen LogP contribution in [0.2, 0.25) is 0 Å². The first-order chi connectivity index (χ1) is 10.7. The third kappa shape index (κ3) is 10.9. The lowest BCUT2D eigenvalue weighted by Gasteiger charge is -2.05. The normalized spacial score (nSPS) is 9.55. The molecule has 1 aromatic rings. The van der Waals surface area contributed by atoms with Gasteiger partial charge in [0.05, 0.1) is 0 Å². The third-order valence-electron chi connectivity index (χ3n) is 3.30. The number of hydrogen-bond acceptors (Lipinski definition) is 3. The number of aliphatic carboxylic acids is 1. The minimum Gasteiger partial charge on any atom is -0.478 e. The Kier molecular flexibility index (Phi) is 13.0. The van der Waals surface area contributed by atoms with E-state index in [9.17, 15) is 4.79 Å². The second-order valence-electron chi connectivity index (χ2n) is 5.11. The fraction of sp³-hybridized carbons (Fsp3) is 0.500. The average molecular weight is 308 g/mol. The van der Waals surface area contributed by atoms with E-state index in [-0.39, 0.29) is 0 Å². The van der Waals surface area contributed by atoms with Crippen LogP contribution in [0, 0.1) is 0 Å². The molecule has 0 aliphatic carbocycles. The molecule has 0 spiro atoms. The van der Waals surface area contributed by atoms with Crippen molar-refractivity contribution in [1.82, 2.24) is 0 Å². The zero-order valence-corrected chi connectivity index (χ0v) is 13.5. The fourth-order valence-electron chi connectivity index (χ4n) is 2.07. The van der Waals surface area contributed by atoms with E-state index >= 15 is 0 Å². The summed E-state index contributed by atoms with van der Waals surface area (Å²) in [5.41, 5.74) is 1.10. The van der Waals surface area contributed by atoms with Crippen molar-refractivity contribution in [2.45, 2.75) is 58.3 Å². The standard InChI is InChI=1S/C15H24O2.C3H4O2/c1-2-3-4-5-6-7-8-11-14-12-9-10-13-15(14)17-16;1-2-3(4)5/h9-10,12-13,16H,2-8,11H2,1H3;2H,1H2,(H,4,5). The Bertz CT molecular complexity index is 415. The van der Waals surface area contributed by atoms with Gasteiger partial charge in [-0.25, -0.2) is 10.1 Å². The number of rotatable bonds is 10. The predicted molar refractivity (Wildman–Crippen MR) is 89.2 cm³/mol. The molecule has 0 aliphatic rings. The van der Waals surface area contributed by atoms with Gasteiger partial charge in [-0.05, 0) is 24.5 Å². The number of carbonyl (C=O) groups is 1. The number of unbranched alkanes of at least 4 members (excludes halogenated alkanes) is 6. The molecule has 0 saturated heterocycles. The predicted octanol–water partition coefficient (Wildman–Crippen LogP) is 5.09. The van der Waals surface area contributed by atoms with Crippen LogP contribution in [-0.4, -0.2) is 16.3 Å². The maximum atomic E-state index is 9.25. The molecule has 22 heavy (non-hydrogen) atoms. The van der Waals surface area contributed by atoms with E-state index in [0.717, 1.165) is 18.1 Å². The summed E-state index contributed by atoms with van der Waals surface area (Å²) in [4.78, 5) is 13.6. The van der Waals surface area contributed by atoms with E-state index in [1.807, 2.05) is 18.2 Å². The smallest absolute Gasteiger partial charge is 0.327 e. The molecule has 0 radical (unpaired) electrons. The minimum atomic E-state index is -0.981. The van der Waals surface area contributed by atoms with Gasteiger partial charge in [0.25, 0.3) is 0 Å². The largest absolute Gasteiger partial charge is 0.478 e. The molecular formula is C18H28O4. The lowest BCUT2D eigenvalue weighted by Crippen LogP contribution is -1.92. The van der Waals surface area contributed by atoms with Crippen molar-refractivity contribution in [3.63, 3.8) is 0 Å². The Balaban J connectivity index is 0.000000763. The summed E-state index contributed by atoms with van der Waals surface area (Å²) in [6, 6.07) is 7.68. The molecular weight excluding hydrogens is 280 g/mol. The third-order valence-corrected chi connectivity index (χ3v) is 3.30. The molecule has 0 bridgehead atoms. The van der Waals surface area contributed by atoms with Gasteiger partial charge in [0.2, 0.25) is 0 Å². The highest BCUT2D eigenvalue weighted by atomic mass is 17.1. The van der Waals surface area contributed by atoms with Crippen LogP contribution in [0.4, 0.5) is 0 Å². The molecule has 0 amide bonds. The van der Waals surface area contributed by atoms with Gasteiger partial charge in [-0.2, -0.15) is 0 Å². The first-order valence-electron chi connectivity index (χ1n) is 7.90. The zero-order chi connectivity index (χ0) is 16.6. The quantitative estimate of drug-likeness (QED) is 0.273.